The third-order valence-corrected chi connectivity index (χ3v) is 2.30. The van der Waals surface area contributed by atoms with Crippen LogP contribution in [0.3, 0.4) is 0 Å². The fourth-order valence-electron chi connectivity index (χ4n) is 1.35. The fraction of sp³-hybridized carbons (Fsp3) is 1.00. The summed E-state index contributed by atoms with van der Waals surface area (Å²) < 4.78 is 0. The van der Waals surface area contributed by atoms with Gasteiger partial charge in [-0.15, -0.1) is 0 Å². The number of nitrogens with one attached hydrogen (secondary N) is 2. The van der Waals surface area contributed by atoms with E-state index in [1.165, 1.54) is 25.9 Å². The number of hydrogen-bond acceptors (Lipinski definition) is 2. The third-order valence-electron chi connectivity index (χ3n) is 2.30. The molecule has 0 spiro atoms. The summed E-state index contributed by atoms with van der Waals surface area (Å²) in [6, 6.07) is 0. The maximum atomic E-state index is 3.30. The first-order valence-corrected chi connectivity index (χ1v) is 5.10. The molecule has 0 radical (unpaired) electrons. The van der Waals surface area contributed by atoms with Crippen LogP contribution in [0.2, 0.25) is 0 Å². The average molecular weight is 172 g/mol. The van der Waals surface area contributed by atoms with Crippen molar-refractivity contribution in [2.24, 2.45) is 5.41 Å². The molecule has 1 aliphatic rings. The Morgan fingerprint density at radius 1 is 1.25 bits per heavy atom. The Kier molecular flexibility index (Phi) is 6.39. The van der Waals surface area contributed by atoms with Gasteiger partial charge in [-0.3, -0.25) is 0 Å². The Labute approximate surface area is 77.1 Å². The zero-order valence-electron chi connectivity index (χ0n) is 9.04. The Bertz CT molecular complexity index is 92.5. The van der Waals surface area contributed by atoms with Gasteiger partial charge in [0, 0.05) is 25.0 Å². The lowest BCUT2D eigenvalue weighted by Gasteiger charge is -2.42. The summed E-state index contributed by atoms with van der Waals surface area (Å²) in [6.45, 7) is 10.1. The predicted molar refractivity (Wildman–Crippen MR) is 55.5 cm³/mol. The van der Waals surface area contributed by atoms with Gasteiger partial charge >= 0.3 is 0 Å². The van der Waals surface area contributed by atoms with Crippen molar-refractivity contribution >= 4 is 0 Å². The van der Waals surface area contributed by atoms with E-state index in [1.807, 2.05) is 7.05 Å². The van der Waals surface area contributed by atoms with Gasteiger partial charge < -0.3 is 10.6 Å². The van der Waals surface area contributed by atoms with Gasteiger partial charge in [-0.1, -0.05) is 27.2 Å². The zero-order chi connectivity index (χ0) is 9.45. The Morgan fingerprint density at radius 3 is 1.83 bits per heavy atom. The van der Waals surface area contributed by atoms with Gasteiger partial charge in [0.25, 0.3) is 0 Å². The molecule has 12 heavy (non-hydrogen) atoms. The molecule has 1 fully saturated rings. The smallest absolute Gasteiger partial charge is 0.00745 e. The second-order valence-corrected chi connectivity index (χ2v) is 3.69. The highest BCUT2D eigenvalue weighted by Gasteiger charge is 2.33. The van der Waals surface area contributed by atoms with Gasteiger partial charge in [-0.2, -0.15) is 0 Å². The van der Waals surface area contributed by atoms with Crippen molar-refractivity contribution in [2.75, 3.05) is 26.7 Å². The van der Waals surface area contributed by atoms with E-state index in [1.54, 1.807) is 0 Å². The molecule has 1 saturated heterocycles. The molecule has 1 heterocycles. The molecule has 0 unspecified atom stereocenters. The van der Waals surface area contributed by atoms with E-state index in [-0.39, 0.29) is 0 Å². The van der Waals surface area contributed by atoms with Crippen LogP contribution in [0.1, 0.15) is 33.6 Å². The van der Waals surface area contributed by atoms with E-state index >= 15 is 0 Å². The minimum atomic E-state index is 0.592. The second kappa shape index (κ2) is 6.44. The topological polar surface area (TPSA) is 24.1 Å². The molecule has 1 rings (SSSR count). The standard InChI is InChI=1S/C7H16N2.C3H8/c1-3-7(4-8-2)5-9-6-7;1-3-2/h8-9H,3-6H2,1-2H3;3H2,1-2H3. The van der Waals surface area contributed by atoms with Gasteiger partial charge in [0.2, 0.25) is 0 Å². The lowest BCUT2D eigenvalue weighted by molar-refractivity contribution is 0.160. The summed E-state index contributed by atoms with van der Waals surface area (Å²) in [5, 5.41) is 6.52. The first-order chi connectivity index (χ1) is 5.74. The van der Waals surface area contributed by atoms with Crippen LogP contribution in [0.4, 0.5) is 0 Å². The molecule has 74 valence electrons. The minimum absolute atomic E-state index is 0.592. The van der Waals surface area contributed by atoms with E-state index in [0.717, 1.165) is 6.54 Å². The summed E-state index contributed by atoms with van der Waals surface area (Å²) in [5.74, 6) is 0. The monoisotopic (exact) mass is 172 g/mol. The molecular formula is C10H24N2. The molecule has 0 amide bonds. The fourth-order valence-corrected chi connectivity index (χ4v) is 1.35. The van der Waals surface area contributed by atoms with Gasteiger partial charge in [-0.25, -0.2) is 0 Å². The third kappa shape index (κ3) is 3.55. The molecule has 0 aromatic rings. The summed E-state index contributed by atoms with van der Waals surface area (Å²) in [6.07, 6.45) is 2.54. The summed E-state index contributed by atoms with van der Waals surface area (Å²) in [4.78, 5) is 0. The first kappa shape index (κ1) is 11.9. The molecule has 0 aromatic carbocycles. The highest BCUT2D eigenvalue weighted by atomic mass is 15.0. The van der Waals surface area contributed by atoms with E-state index in [4.69, 9.17) is 0 Å². The second-order valence-electron chi connectivity index (χ2n) is 3.69. The van der Waals surface area contributed by atoms with Crippen molar-refractivity contribution in [2.45, 2.75) is 33.6 Å². The predicted octanol–water partition coefficient (Wildman–Crippen LogP) is 1.62. The summed E-state index contributed by atoms with van der Waals surface area (Å²) in [5.41, 5.74) is 0.592. The highest BCUT2D eigenvalue weighted by molar-refractivity contribution is 4.92. The molecule has 0 aromatic heterocycles. The Hall–Kier alpha value is -0.0800. The molecule has 0 bridgehead atoms. The normalized spacial score (nSPS) is 19.0. The zero-order valence-corrected chi connectivity index (χ0v) is 9.04. The van der Waals surface area contributed by atoms with Crippen LogP contribution in [-0.4, -0.2) is 26.7 Å². The van der Waals surface area contributed by atoms with Crippen LogP contribution in [0, 0.1) is 5.41 Å². The molecule has 2 nitrogen and oxygen atoms in total. The quantitative estimate of drug-likeness (QED) is 0.676. The van der Waals surface area contributed by atoms with Crippen LogP contribution in [-0.2, 0) is 0 Å². The van der Waals surface area contributed by atoms with Gasteiger partial charge in [0.1, 0.15) is 0 Å². The van der Waals surface area contributed by atoms with Crippen molar-refractivity contribution in [3.05, 3.63) is 0 Å². The van der Waals surface area contributed by atoms with E-state index in [2.05, 4.69) is 31.4 Å². The van der Waals surface area contributed by atoms with Crippen molar-refractivity contribution < 1.29 is 0 Å². The maximum absolute atomic E-state index is 3.30. The number of rotatable bonds is 3. The largest absolute Gasteiger partial charge is 0.319 e. The molecule has 1 aliphatic heterocycles. The van der Waals surface area contributed by atoms with E-state index < -0.39 is 0 Å². The van der Waals surface area contributed by atoms with Crippen LogP contribution < -0.4 is 10.6 Å². The SMILES string of the molecule is CCC.CCC1(CNC)CNC1. The van der Waals surface area contributed by atoms with Gasteiger partial charge in [0.15, 0.2) is 0 Å². The van der Waals surface area contributed by atoms with Crippen molar-refractivity contribution in [3.63, 3.8) is 0 Å². The van der Waals surface area contributed by atoms with Crippen LogP contribution in [0.15, 0.2) is 0 Å². The van der Waals surface area contributed by atoms with Crippen LogP contribution in [0.5, 0.6) is 0 Å². The van der Waals surface area contributed by atoms with Crippen LogP contribution >= 0.6 is 0 Å². The molecule has 0 saturated carbocycles. The number of hydrogen-bond donors (Lipinski definition) is 2. The molecular weight excluding hydrogens is 148 g/mol. The summed E-state index contributed by atoms with van der Waals surface area (Å²) >= 11 is 0. The summed E-state index contributed by atoms with van der Waals surface area (Å²) in [7, 11) is 2.02. The highest BCUT2D eigenvalue weighted by Crippen LogP contribution is 2.24. The molecule has 2 N–H and O–H groups in total. The van der Waals surface area contributed by atoms with Crippen molar-refractivity contribution in [1.82, 2.24) is 10.6 Å². The minimum Gasteiger partial charge on any atom is -0.319 e. The average Bonchev–Trinajstić information content (AvgIpc) is 1.98. The van der Waals surface area contributed by atoms with Gasteiger partial charge in [0.05, 0.1) is 0 Å². The van der Waals surface area contributed by atoms with Crippen molar-refractivity contribution in [3.8, 4) is 0 Å². The molecule has 0 aliphatic carbocycles. The molecule has 2 heteroatoms. The molecule has 0 atom stereocenters. The Morgan fingerprint density at radius 2 is 1.75 bits per heavy atom. The van der Waals surface area contributed by atoms with Gasteiger partial charge in [-0.05, 0) is 13.5 Å². The van der Waals surface area contributed by atoms with E-state index in [0.29, 0.717) is 5.41 Å². The van der Waals surface area contributed by atoms with Crippen LogP contribution in [0.25, 0.3) is 0 Å². The van der Waals surface area contributed by atoms with Crippen molar-refractivity contribution in [1.29, 1.82) is 0 Å². The lowest BCUT2D eigenvalue weighted by atomic mass is 9.79. The first-order valence-electron chi connectivity index (χ1n) is 5.10. The Balaban J connectivity index is 0.000000354. The maximum Gasteiger partial charge on any atom is 0.00745 e. The van der Waals surface area contributed by atoms with E-state index in [9.17, 15) is 0 Å². The lowest BCUT2D eigenvalue weighted by Crippen LogP contribution is -2.57.